The largest absolute Gasteiger partial charge is 0.299 e. The van der Waals surface area contributed by atoms with Gasteiger partial charge in [0, 0.05) is 16.8 Å². The Balaban J connectivity index is 2.09. The van der Waals surface area contributed by atoms with E-state index in [1.807, 2.05) is 0 Å². The number of carbonyl (C=O) groups is 1. The molecule has 1 aromatic carbocycles. The summed E-state index contributed by atoms with van der Waals surface area (Å²) in [5, 5.41) is 0. The first-order valence-corrected chi connectivity index (χ1v) is 5.93. The monoisotopic (exact) mass is 270 g/mol. The number of ketones is 1. The van der Waals surface area contributed by atoms with Crippen LogP contribution < -0.4 is 0 Å². The van der Waals surface area contributed by atoms with Crippen LogP contribution in [-0.4, -0.2) is 5.78 Å². The van der Waals surface area contributed by atoms with E-state index >= 15 is 0 Å². The third kappa shape index (κ3) is 2.46. The minimum atomic E-state index is -0.286. The van der Waals surface area contributed by atoms with Gasteiger partial charge in [0.1, 0.15) is 11.6 Å². The molecule has 0 radical (unpaired) electrons. The van der Waals surface area contributed by atoms with Crippen LogP contribution in [0.3, 0.4) is 0 Å². The summed E-state index contributed by atoms with van der Waals surface area (Å²) in [6.45, 7) is 0. The van der Waals surface area contributed by atoms with E-state index in [2.05, 4.69) is 15.9 Å². The highest BCUT2D eigenvalue weighted by Crippen LogP contribution is 2.28. The molecule has 0 spiro atoms. The summed E-state index contributed by atoms with van der Waals surface area (Å²) in [5.74, 6) is 0.0764. The van der Waals surface area contributed by atoms with E-state index in [0.29, 0.717) is 5.56 Å². The molecule has 80 valence electrons. The van der Waals surface area contributed by atoms with Crippen LogP contribution in [-0.2, 0) is 11.2 Å². The van der Waals surface area contributed by atoms with Gasteiger partial charge in [0.15, 0.2) is 0 Å². The first-order chi connectivity index (χ1) is 7.16. The molecule has 0 saturated heterocycles. The number of hydrogen-bond acceptors (Lipinski definition) is 1. The van der Waals surface area contributed by atoms with Crippen molar-refractivity contribution in [2.75, 3.05) is 0 Å². The van der Waals surface area contributed by atoms with Crippen LogP contribution in [0, 0.1) is 11.7 Å². The number of benzene rings is 1. The van der Waals surface area contributed by atoms with Gasteiger partial charge in [0.25, 0.3) is 0 Å². The van der Waals surface area contributed by atoms with Crippen molar-refractivity contribution in [3.05, 3.63) is 34.1 Å². The smallest absolute Gasteiger partial charge is 0.140 e. The fourth-order valence-electron chi connectivity index (χ4n) is 1.74. The van der Waals surface area contributed by atoms with Crippen molar-refractivity contribution in [2.45, 2.75) is 25.7 Å². The summed E-state index contributed by atoms with van der Waals surface area (Å²) < 4.78 is 14.2. The van der Waals surface area contributed by atoms with Gasteiger partial charge in [-0.25, -0.2) is 4.39 Å². The molecule has 0 aliphatic heterocycles. The van der Waals surface area contributed by atoms with Gasteiger partial charge in [-0.05, 0) is 36.6 Å². The number of rotatable bonds is 3. The first-order valence-electron chi connectivity index (χ1n) is 5.13. The number of carbonyl (C=O) groups excluding carboxylic acids is 1. The Kier molecular flexibility index (Phi) is 3.19. The maximum atomic E-state index is 13.3. The molecule has 0 atom stereocenters. The lowest BCUT2D eigenvalue weighted by Crippen LogP contribution is -2.23. The zero-order valence-corrected chi connectivity index (χ0v) is 9.89. The molecule has 0 amide bonds. The highest BCUT2D eigenvalue weighted by Gasteiger charge is 2.25. The van der Waals surface area contributed by atoms with E-state index in [9.17, 15) is 9.18 Å². The van der Waals surface area contributed by atoms with Crippen molar-refractivity contribution in [1.82, 2.24) is 0 Å². The van der Waals surface area contributed by atoms with Crippen LogP contribution >= 0.6 is 15.9 Å². The average molecular weight is 271 g/mol. The van der Waals surface area contributed by atoms with E-state index in [0.717, 1.165) is 23.7 Å². The topological polar surface area (TPSA) is 17.1 Å². The summed E-state index contributed by atoms with van der Waals surface area (Å²) in [7, 11) is 0. The van der Waals surface area contributed by atoms with Crippen molar-refractivity contribution in [2.24, 2.45) is 5.92 Å². The van der Waals surface area contributed by atoms with Gasteiger partial charge >= 0.3 is 0 Å². The molecule has 1 fully saturated rings. The quantitative estimate of drug-likeness (QED) is 0.822. The first kappa shape index (κ1) is 10.8. The molecule has 0 unspecified atom stereocenters. The average Bonchev–Trinajstić information content (AvgIpc) is 2.08. The van der Waals surface area contributed by atoms with Crippen LogP contribution in [0.25, 0.3) is 0 Å². The molecule has 1 nitrogen and oxygen atoms in total. The van der Waals surface area contributed by atoms with Crippen LogP contribution in [0.5, 0.6) is 0 Å². The Hall–Kier alpha value is -0.700. The van der Waals surface area contributed by atoms with E-state index in [1.165, 1.54) is 6.07 Å². The lowest BCUT2D eigenvalue weighted by atomic mass is 9.80. The molecule has 1 aromatic rings. The Labute approximate surface area is 96.8 Å². The summed E-state index contributed by atoms with van der Waals surface area (Å²) in [5.41, 5.74) is 0.501. The van der Waals surface area contributed by atoms with Gasteiger partial charge in [-0.1, -0.05) is 22.4 Å². The maximum Gasteiger partial charge on any atom is 0.140 e. The second-order valence-electron chi connectivity index (χ2n) is 4.01. The molecule has 3 heteroatoms. The summed E-state index contributed by atoms with van der Waals surface area (Å²) >= 11 is 3.28. The molecule has 0 N–H and O–H groups in total. The second kappa shape index (κ2) is 4.44. The molecule has 0 aromatic heterocycles. The Morgan fingerprint density at radius 2 is 2.20 bits per heavy atom. The molecule has 0 heterocycles. The third-order valence-corrected chi connectivity index (χ3v) is 3.43. The SMILES string of the molecule is O=C(Cc1cc(Br)ccc1F)C1CCC1. The molecular formula is C12H12BrFO. The number of halogens is 2. The van der Waals surface area contributed by atoms with Crippen LogP contribution in [0.15, 0.2) is 22.7 Å². The van der Waals surface area contributed by atoms with E-state index in [4.69, 9.17) is 0 Å². The van der Waals surface area contributed by atoms with Crippen molar-refractivity contribution < 1.29 is 9.18 Å². The van der Waals surface area contributed by atoms with Gasteiger partial charge in [-0.2, -0.15) is 0 Å². The highest BCUT2D eigenvalue weighted by atomic mass is 79.9. The molecule has 1 aliphatic carbocycles. The lowest BCUT2D eigenvalue weighted by molar-refractivity contribution is -0.124. The predicted octanol–water partition coefficient (Wildman–Crippen LogP) is 3.50. The number of Topliss-reactive ketones (excluding diaryl/α,β-unsaturated/α-hetero) is 1. The standard InChI is InChI=1S/C12H12BrFO/c13-10-4-5-11(14)9(6-10)7-12(15)8-2-1-3-8/h4-6,8H,1-3,7H2. The maximum absolute atomic E-state index is 13.3. The van der Waals surface area contributed by atoms with Crippen LogP contribution in [0.1, 0.15) is 24.8 Å². The normalized spacial score (nSPS) is 16.1. The zero-order chi connectivity index (χ0) is 10.8. The number of hydrogen-bond donors (Lipinski definition) is 0. The van der Waals surface area contributed by atoms with Gasteiger partial charge in [-0.3, -0.25) is 4.79 Å². The van der Waals surface area contributed by atoms with Gasteiger partial charge < -0.3 is 0 Å². The van der Waals surface area contributed by atoms with Crippen molar-refractivity contribution in [3.63, 3.8) is 0 Å². The third-order valence-electron chi connectivity index (χ3n) is 2.93. The molecule has 0 bridgehead atoms. The van der Waals surface area contributed by atoms with Crippen LogP contribution in [0.4, 0.5) is 4.39 Å². The molecule has 1 aliphatic rings. The summed E-state index contributed by atoms with van der Waals surface area (Å²) in [4.78, 5) is 11.7. The molecule has 2 rings (SSSR count). The minimum Gasteiger partial charge on any atom is -0.299 e. The minimum absolute atomic E-state index is 0.179. The van der Waals surface area contributed by atoms with Gasteiger partial charge in [0.2, 0.25) is 0 Å². The van der Waals surface area contributed by atoms with Gasteiger partial charge in [-0.15, -0.1) is 0 Å². The van der Waals surface area contributed by atoms with Crippen LogP contribution in [0.2, 0.25) is 0 Å². The Morgan fingerprint density at radius 3 is 2.80 bits per heavy atom. The fraction of sp³-hybridized carbons (Fsp3) is 0.417. The summed E-state index contributed by atoms with van der Waals surface area (Å²) in [6, 6.07) is 4.73. The molecule has 15 heavy (non-hydrogen) atoms. The fourth-order valence-corrected chi connectivity index (χ4v) is 2.15. The van der Waals surface area contributed by atoms with Crippen molar-refractivity contribution in [3.8, 4) is 0 Å². The molecular weight excluding hydrogens is 259 g/mol. The predicted molar refractivity (Wildman–Crippen MR) is 60.2 cm³/mol. The Bertz CT molecular complexity index is 385. The summed E-state index contributed by atoms with van der Waals surface area (Å²) in [6.07, 6.45) is 3.33. The van der Waals surface area contributed by atoms with Crippen molar-refractivity contribution in [1.29, 1.82) is 0 Å². The Morgan fingerprint density at radius 1 is 1.47 bits per heavy atom. The molecule has 1 saturated carbocycles. The second-order valence-corrected chi connectivity index (χ2v) is 4.92. The van der Waals surface area contributed by atoms with E-state index < -0.39 is 0 Å². The zero-order valence-electron chi connectivity index (χ0n) is 8.30. The van der Waals surface area contributed by atoms with E-state index in [1.54, 1.807) is 12.1 Å². The highest BCUT2D eigenvalue weighted by molar-refractivity contribution is 9.10. The lowest BCUT2D eigenvalue weighted by Gasteiger charge is -2.23. The van der Waals surface area contributed by atoms with E-state index in [-0.39, 0.29) is 23.9 Å². The van der Waals surface area contributed by atoms with Gasteiger partial charge in [0.05, 0.1) is 0 Å². The van der Waals surface area contributed by atoms with Crippen molar-refractivity contribution >= 4 is 21.7 Å².